The maximum absolute atomic E-state index is 12.1. The molecule has 0 radical (unpaired) electrons. The first-order valence-corrected chi connectivity index (χ1v) is 7.61. The molecule has 0 spiro atoms. The van der Waals surface area contributed by atoms with Gasteiger partial charge in [0, 0.05) is 18.5 Å². The molecule has 0 saturated carbocycles. The number of carbonyl (C=O) groups is 2. The van der Waals surface area contributed by atoms with Crippen LogP contribution in [-0.4, -0.2) is 37.2 Å². The average Bonchev–Trinajstić information content (AvgIpc) is 2.56. The van der Waals surface area contributed by atoms with Gasteiger partial charge in [-0.3, -0.25) is 9.59 Å². The minimum Gasteiger partial charge on any atom is -0.497 e. The second-order valence-electron chi connectivity index (χ2n) is 5.32. The lowest BCUT2D eigenvalue weighted by molar-refractivity contribution is -0.137. The number of carbonyl (C=O) groups excluding carboxylic acids is 1. The molecule has 124 valence electrons. The summed E-state index contributed by atoms with van der Waals surface area (Å²) in [6, 6.07) is 5.46. The van der Waals surface area contributed by atoms with Crippen LogP contribution in [0.15, 0.2) is 23.8 Å². The van der Waals surface area contributed by atoms with Gasteiger partial charge >= 0.3 is 5.97 Å². The van der Waals surface area contributed by atoms with Crippen molar-refractivity contribution in [2.45, 2.75) is 25.7 Å². The van der Waals surface area contributed by atoms with E-state index in [0.29, 0.717) is 24.3 Å². The van der Waals surface area contributed by atoms with Crippen LogP contribution < -0.4 is 14.8 Å². The van der Waals surface area contributed by atoms with E-state index in [1.165, 1.54) is 0 Å². The van der Waals surface area contributed by atoms with Crippen LogP contribution in [0.3, 0.4) is 0 Å². The van der Waals surface area contributed by atoms with Crippen molar-refractivity contribution in [2.75, 3.05) is 20.3 Å². The first-order chi connectivity index (χ1) is 11.1. The van der Waals surface area contributed by atoms with Gasteiger partial charge in [0.15, 0.2) is 0 Å². The zero-order chi connectivity index (χ0) is 16.7. The molecule has 1 aromatic rings. The number of amides is 1. The van der Waals surface area contributed by atoms with Crippen molar-refractivity contribution in [1.29, 1.82) is 0 Å². The molecule has 0 aliphatic carbocycles. The Hall–Kier alpha value is -2.50. The monoisotopic (exact) mass is 319 g/mol. The van der Waals surface area contributed by atoms with Gasteiger partial charge in [0.2, 0.25) is 0 Å². The molecular formula is C17H21NO5. The number of carboxylic acid groups (broad SMARTS) is 1. The zero-order valence-electron chi connectivity index (χ0n) is 13.1. The van der Waals surface area contributed by atoms with Gasteiger partial charge in [-0.05, 0) is 37.1 Å². The maximum Gasteiger partial charge on any atom is 0.303 e. The lowest BCUT2D eigenvalue weighted by Crippen LogP contribution is -2.29. The van der Waals surface area contributed by atoms with Crippen molar-refractivity contribution in [3.8, 4) is 11.5 Å². The summed E-state index contributed by atoms with van der Waals surface area (Å²) >= 11 is 0. The van der Waals surface area contributed by atoms with Gasteiger partial charge in [-0.2, -0.15) is 0 Å². The first kappa shape index (κ1) is 16.9. The predicted molar refractivity (Wildman–Crippen MR) is 85.6 cm³/mol. The summed E-state index contributed by atoms with van der Waals surface area (Å²) in [7, 11) is 1.59. The van der Waals surface area contributed by atoms with E-state index in [1.54, 1.807) is 13.2 Å². The Morgan fingerprint density at radius 1 is 1.30 bits per heavy atom. The van der Waals surface area contributed by atoms with Gasteiger partial charge in [-0.1, -0.05) is 6.42 Å². The molecule has 6 heteroatoms. The van der Waals surface area contributed by atoms with E-state index in [0.717, 1.165) is 24.2 Å². The van der Waals surface area contributed by atoms with Crippen molar-refractivity contribution in [3.63, 3.8) is 0 Å². The molecule has 2 N–H and O–H groups in total. The molecule has 0 fully saturated rings. The summed E-state index contributed by atoms with van der Waals surface area (Å²) in [5, 5.41) is 11.4. The fourth-order valence-corrected chi connectivity index (χ4v) is 2.31. The molecule has 0 atom stereocenters. The van der Waals surface area contributed by atoms with Crippen LogP contribution >= 0.6 is 0 Å². The molecule has 1 aliphatic rings. The van der Waals surface area contributed by atoms with Crippen LogP contribution in [0, 0.1) is 0 Å². The van der Waals surface area contributed by atoms with Crippen molar-refractivity contribution in [2.24, 2.45) is 0 Å². The van der Waals surface area contributed by atoms with E-state index in [1.807, 2.05) is 18.2 Å². The topological polar surface area (TPSA) is 84.9 Å². The molecule has 0 aromatic heterocycles. The fourth-order valence-electron chi connectivity index (χ4n) is 2.31. The molecule has 2 rings (SSSR count). The van der Waals surface area contributed by atoms with Crippen LogP contribution in [0.5, 0.6) is 11.5 Å². The quantitative estimate of drug-likeness (QED) is 0.718. The number of fused-ring (bicyclic) bond motifs is 1. The molecule has 1 amide bonds. The number of carboxylic acids is 1. The average molecular weight is 319 g/mol. The lowest BCUT2D eigenvalue weighted by Gasteiger charge is -2.18. The number of hydrogen-bond donors (Lipinski definition) is 2. The minimum absolute atomic E-state index is 0.156. The molecule has 1 heterocycles. The summed E-state index contributed by atoms with van der Waals surface area (Å²) in [6.45, 7) is 0.769. The molecule has 0 bridgehead atoms. The number of benzene rings is 1. The standard InChI is InChI=1S/C17H21NO5/c1-22-14-6-7-15-12(10-14)9-13(11-23-15)17(21)18-8-4-2-3-5-16(19)20/h6-7,9-10H,2-5,8,11H2,1H3,(H,18,21)(H,19,20). The van der Waals surface area contributed by atoms with Gasteiger partial charge in [0.25, 0.3) is 5.91 Å². The van der Waals surface area contributed by atoms with Crippen LogP contribution in [-0.2, 0) is 9.59 Å². The Labute approximate surface area is 135 Å². The summed E-state index contributed by atoms with van der Waals surface area (Å²) in [5.74, 6) is 0.504. The number of rotatable bonds is 8. The normalized spacial score (nSPS) is 12.7. The molecule has 0 unspecified atom stereocenters. The molecular weight excluding hydrogens is 298 g/mol. The van der Waals surface area contributed by atoms with E-state index in [4.69, 9.17) is 14.6 Å². The second-order valence-corrected chi connectivity index (χ2v) is 5.32. The Balaban J connectivity index is 1.83. The Morgan fingerprint density at radius 3 is 2.87 bits per heavy atom. The predicted octanol–water partition coefficient (Wildman–Crippen LogP) is 2.23. The highest BCUT2D eigenvalue weighted by Crippen LogP contribution is 2.29. The van der Waals surface area contributed by atoms with Crippen LogP contribution in [0.2, 0.25) is 0 Å². The molecule has 6 nitrogen and oxygen atoms in total. The number of unbranched alkanes of at least 4 members (excludes halogenated alkanes) is 2. The van der Waals surface area contributed by atoms with Gasteiger partial charge in [-0.25, -0.2) is 0 Å². The Kier molecular flexibility index (Phi) is 6.02. The first-order valence-electron chi connectivity index (χ1n) is 7.61. The number of nitrogens with one attached hydrogen (secondary N) is 1. The number of hydrogen-bond acceptors (Lipinski definition) is 4. The SMILES string of the molecule is COc1ccc2c(c1)C=C(C(=O)NCCCCCC(=O)O)CO2. The van der Waals surface area contributed by atoms with Crippen LogP contribution in [0.25, 0.3) is 6.08 Å². The van der Waals surface area contributed by atoms with Crippen molar-refractivity contribution in [3.05, 3.63) is 29.3 Å². The van der Waals surface area contributed by atoms with Crippen molar-refractivity contribution < 1.29 is 24.2 Å². The Bertz CT molecular complexity index is 609. The van der Waals surface area contributed by atoms with Crippen LogP contribution in [0.4, 0.5) is 0 Å². The van der Waals surface area contributed by atoms with E-state index >= 15 is 0 Å². The lowest BCUT2D eigenvalue weighted by atomic mass is 10.1. The third-order valence-corrected chi connectivity index (χ3v) is 3.57. The smallest absolute Gasteiger partial charge is 0.303 e. The number of methoxy groups -OCH3 is 1. The highest BCUT2D eigenvalue weighted by molar-refractivity contribution is 5.99. The van der Waals surface area contributed by atoms with Gasteiger partial charge in [-0.15, -0.1) is 0 Å². The van der Waals surface area contributed by atoms with Crippen molar-refractivity contribution >= 4 is 18.0 Å². The molecule has 23 heavy (non-hydrogen) atoms. The minimum atomic E-state index is -0.785. The van der Waals surface area contributed by atoms with Crippen LogP contribution in [0.1, 0.15) is 31.2 Å². The van der Waals surface area contributed by atoms with E-state index in [9.17, 15) is 9.59 Å². The van der Waals surface area contributed by atoms with Gasteiger partial charge in [0.1, 0.15) is 18.1 Å². The van der Waals surface area contributed by atoms with Gasteiger partial charge in [0.05, 0.1) is 12.7 Å². The van der Waals surface area contributed by atoms with E-state index in [-0.39, 0.29) is 18.9 Å². The fraction of sp³-hybridized carbons (Fsp3) is 0.412. The van der Waals surface area contributed by atoms with Crippen molar-refractivity contribution in [1.82, 2.24) is 5.32 Å². The highest BCUT2D eigenvalue weighted by Gasteiger charge is 2.17. The van der Waals surface area contributed by atoms with Gasteiger partial charge < -0.3 is 19.9 Å². The summed E-state index contributed by atoms with van der Waals surface area (Å²) in [5.41, 5.74) is 1.39. The zero-order valence-corrected chi connectivity index (χ0v) is 13.1. The summed E-state index contributed by atoms with van der Waals surface area (Å²) in [6.07, 6.45) is 4.15. The summed E-state index contributed by atoms with van der Waals surface area (Å²) < 4.78 is 10.7. The maximum atomic E-state index is 12.1. The second kappa shape index (κ2) is 8.22. The number of ether oxygens (including phenoxy) is 2. The molecule has 0 saturated heterocycles. The molecule has 1 aromatic carbocycles. The third kappa shape index (κ3) is 5.02. The highest BCUT2D eigenvalue weighted by atomic mass is 16.5. The Morgan fingerprint density at radius 2 is 2.13 bits per heavy atom. The molecule has 1 aliphatic heterocycles. The largest absolute Gasteiger partial charge is 0.497 e. The summed E-state index contributed by atoms with van der Waals surface area (Å²) in [4.78, 5) is 22.5. The van der Waals surface area contributed by atoms with E-state index in [2.05, 4.69) is 5.32 Å². The number of aliphatic carboxylic acids is 1. The third-order valence-electron chi connectivity index (χ3n) is 3.57. The van der Waals surface area contributed by atoms with E-state index < -0.39 is 5.97 Å².